The summed E-state index contributed by atoms with van der Waals surface area (Å²) in [7, 11) is 3.08. The summed E-state index contributed by atoms with van der Waals surface area (Å²) in [6.45, 7) is 0. The summed E-state index contributed by atoms with van der Waals surface area (Å²) < 4.78 is 10.4. The molecule has 0 fully saturated rings. The Morgan fingerprint density at radius 3 is 2.52 bits per heavy atom. The van der Waals surface area contributed by atoms with Gasteiger partial charge in [0.25, 0.3) is 5.91 Å². The fourth-order valence-corrected chi connectivity index (χ4v) is 3.67. The van der Waals surface area contributed by atoms with Crippen LogP contribution in [-0.2, 0) is 4.79 Å². The van der Waals surface area contributed by atoms with E-state index in [2.05, 4.69) is 10.6 Å². The molecule has 0 spiro atoms. The predicted molar refractivity (Wildman–Crippen MR) is 125 cm³/mol. The molecule has 0 saturated carbocycles. The van der Waals surface area contributed by atoms with Gasteiger partial charge in [0.15, 0.2) is 0 Å². The highest BCUT2D eigenvalue weighted by molar-refractivity contribution is 8.00. The molecule has 6 nitrogen and oxygen atoms in total. The highest BCUT2D eigenvalue weighted by atomic mass is 35.5. The molecule has 0 heterocycles. The molecular weight excluding hydrogens is 436 g/mol. The quantitative estimate of drug-likeness (QED) is 0.447. The van der Waals surface area contributed by atoms with Crippen LogP contribution in [0, 0.1) is 0 Å². The first kappa shape index (κ1) is 22.5. The second-order valence-corrected chi connectivity index (χ2v) is 7.88. The molecule has 0 saturated heterocycles. The molecule has 0 aromatic heterocycles. The number of carbonyl (C=O) groups excluding carboxylic acids is 2. The third-order valence-electron chi connectivity index (χ3n) is 4.23. The van der Waals surface area contributed by atoms with Crippen LogP contribution in [0.3, 0.4) is 0 Å². The van der Waals surface area contributed by atoms with E-state index in [9.17, 15) is 9.59 Å². The van der Waals surface area contributed by atoms with Crippen molar-refractivity contribution in [3.8, 4) is 11.5 Å². The average Bonchev–Trinajstić information content (AvgIpc) is 2.78. The molecule has 0 bridgehead atoms. The molecule has 0 aliphatic rings. The second-order valence-electron chi connectivity index (χ2n) is 6.40. The Kier molecular flexibility index (Phi) is 7.81. The molecule has 3 aromatic rings. The van der Waals surface area contributed by atoms with Crippen LogP contribution in [0.2, 0.25) is 5.02 Å². The van der Waals surface area contributed by atoms with Crippen molar-refractivity contribution in [2.75, 3.05) is 30.6 Å². The largest absolute Gasteiger partial charge is 0.497 e. The summed E-state index contributed by atoms with van der Waals surface area (Å²) in [5, 5.41) is 6.16. The molecule has 3 aromatic carbocycles. The Morgan fingerprint density at radius 2 is 1.74 bits per heavy atom. The number of carbonyl (C=O) groups is 2. The fourth-order valence-electron chi connectivity index (χ4n) is 2.74. The molecule has 31 heavy (non-hydrogen) atoms. The van der Waals surface area contributed by atoms with Crippen LogP contribution in [0.25, 0.3) is 0 Å². The van der Waals surface area contributed by atoms with Crippen LogP contribution >= 0.6 is 23.4 Å². The van der Waals surface area contributed by atoms with E-state index in [1.54, 1.807) is 55.6 Å². The molecule has 0 radical (unpaired) electrons. The molecule has 0 unspecified atom stereocenters. The number of methoxy groups -OCH3 is 2. The van der Waals surface area contributed by atoms with Crippen LogP contribution in [0.4, 0.5) is 11.4 Å². The monoisotopic (exact) mass is 456 g/mol. The first-order valence-corrected chi connectivity index (χ1v) is 10.7. The lowest BCUT2D eigenvalue weighted by molar-refractivity contribution is -0.113. The Hall–Kier alpha value is -3.16. The zero-order chi connectivity index (χ0) is 22.2. The minimum Gasteiger partial charge on any atom is -0.497 e. The summed E-state index contributed by atoms with van der Waals surface area (Å²) in [5.41, 5.74) is 1.64. The van der Waals surface area contributed by atoms with Crippen molar-refractivity contribution >= 4 is 46.6 Å². The number of hydrogen-bond acceptors (Lipinski definition) is 5. The van der Waals surface area contributed by atoms with Crippen molar-refractivity contribution in [2.45, 2.75) is 4.90 Å². The lowest BCUT2D eigenvalue weighted by Crippen LogP contribution is -2.14. The lowest BCUT2D eigenvalue weighted by Gasteiger charge is -2.11. The minimum absolute atomic E-state index is 0.183. The minimum atomic E-state index is -0.244. The Bertz CT molecular complexity index is 1090. The van der Waals surface area contributed by atoms with Gasteiger partial charge in [-0.3, -0.25) is 9.59 Å². The maximum absolute atomic E-state index is 12.5. The Labute approximate surface area is 189 Å². The highest BCUT2D eigenvalue weighted by Gasteiger charge is 2.11. The molecule has 0 aliphatic carbocycles. The van der Waals surface area contributed by atoms with Gasteiger partial charge in [0.2, 0.25) is 5.91 Å². The van der Waals surface area contributed by atoms with Crippen molar-refractivity contribution in [2.24, 2.45) is 0 Å². The molecule has 0 aliphatic heterocycles. The van der Waals surface area contributed by atoms with Gasteiger partial charge >= 0.3 is 0 Å². The van der Waals surface area contributed by atoms with Crippen LogP contribution < -0.4 is 20.1 Å². The normalized spacial score (nSPS) is 10.3. The molecule has 2 amide bonds. The summed E-state index contributed by atoms with van der Waals surface area (Å²) in [6, 6.07) is 19.2. The first-order valence-electron chi connectivity index (χ1n) is 9.30. The van der Waals surface area contributed by atoms with Crippen molar-refractivity contribution < 1.29 is 19.1 Å². The summed E-state index contributed by atoms with van der Waals surface area (Å²) in [6.07, 6.45) is 0. The zero-order valence-electron chi connectivity index (χ0n) is 17.0. The maximum atomic E-state index is 12.5. The first-order chi connectivity index (χ1) is 15.0. The smallest absolute Gasteiger partial charge is 0.255 e. The average molecular weight is 457 g/mol. The van der Waals surface area contributed by atoms with Gasteiger partial charge in [-0.1, -0.05) is 23.7 Å². The van der Waals surface area contributed by atoms with E-state index in [1.165, 1.54) is 18.9 Å². The third-order valence-corrected chi connectivity index (χ3v) is 5.46. The fraction of sp³-hybridized carbons (Fsp3) is 0.130. The SMILES string of the molecule is COc1cccc(C(=O)Nc2cccc(SCC(=O)Nc3cc(Cl)ccc3OC)c2)c1. The van der Waals surface area contributed by atoms with Gasteiger partial charge in [-0.25, -0.2) is 0 Å². The van der Waals surface area contributed by atoms with Crippen LogP contribution in [0.1, 0.15) is 10.4 Å². The maximum Gasteiger partial charge on any atom is 0.255 e. The van der Waals surface area contributed by atoms with Gasteiger partial charge in [0.1, 0.15) is 11.5 Å². The summed E-state index contributed by atoms with van der Waals surface area (Å²) in [5.74, 6) is 0.885. The molecule has 2 N–H and O–H groups in total. The number of benzene rings is 3. The van der Waals surface area contributed by atoms with Gasteiger partial charge in [0, 0.05) is 21.2 Å². The molecule has 8 heteroatoms. The van der Waals surface area contributed by atoms with Gasteiger partial charge < -0.3 is 20.1 Å². The third kappa shape index (κ3) is 6.41. The van der Waals surface area contributed by atoms with Gasteiger partial charge in [-0.2, -0.15) is 0 Å². The molecule has 3 rings (SSSR count). The van der Waals surface area contributed by atoms with E-state index in [4.69, 9.17) is 21.1 Å². The number of halogens is 1. The van der Waals surface area contributed by atoms with Crippen LogP contribution in [-0.4, -0.2) is 31.8 Å². The van der Waals surface area contributed by atoms with E-state index >= 15 is 0 Å². The molecular formula is C23H21ClN2O4S. The van der Waals surface area contributed by atoms with Crippen LogP contribution in [0.5, 0.6) is 11.5 Å². The lowest BCUT2D eigenvalue weighted by atomic mass is 10.2. The Balaban J connectivity index is 1.60. The van der Waals surface area contributed by atoms with Crippen molar-refractivity contribution in [1.29, 1.82) is 0 Å². The van der Waals surface area contributed by atoms with Gasteiger partial charge in [0.05, 0.1) is 25.7 Å². The van der Waals surface area contributed by atoms with E-state index < -0.39 is 0 Å². The second kappa shape index (κ2) is 10.7. The summed E-state index contributed by atoms with van der Waals surface area (Å²) >= 11 is 7.35. The molecule has 0 atom stereocenters. The van der Waals surface area contributed by atoms with E-state index in [0.717, 1.165) is 4.90 Å². The van der Waals surface area contributed by atoms with Gasteiger partial charge in [-0.05, 0) is 54.6 Å². The van der Waals surface area contributed by atoms with E-state index in [0.29, 0.717) is 33.5 Å². The Morgan fingerprint density at radius 1 is 0.935 bits per heavy atom. The standard InChI is InChI=1S/C23H21ClN2O4S/c1-29-18-7-3-5-15(11-18)23(28)25-17-6-4-8-19(13-17)31-14-22(27)26-20-12-16(24)9-10-21(20)30-2/h3-13H,14H2,1-2H3,(H,25,28)(H,26,27). The molecule has 160 valence electrons. The number of anilines is 2. The van der Waals surface area contributed by atoms with Gasteiger partial charge in [-0.15, -0.1) is 11.8 Å². The van der Waals surface area contributed by atoms with Crippen molar-refractivity contribution in [3.05, 3.63) is 77.3 Å². The highest BCUT2D eigenvalue weighted by Crippen LogP contribution is 2.28. The topological polar surface area (TPSA) is 76.7 Å². The van der Waals surface area contributed by atoms with Crippen LogP contribution in [0.15, 0.2) is 71.6 Å². The van der Waals surface area contributed by atoms with Crippen molar-refractivity contribution in [3.63, 3.8) is 0 Å². The number of rotatable bonds is 8. The zero-order valence-corrected chi connectivity index (χ0v) is 18.5. The summed E-state index contributed by atoms with van der Waals surface area (Å²) in [4.78, 5) is 25.7. The van der Waals surface area contributed by atoms with E-state index in [1.807, 2.05) is 18.2 Å². The number of ether oxygens (including phenoxy) is 2. The number of amides is 2. The van der Waals surface area contributed by atoms with E-state index in [-0.39, 0.29) is 17.6 Å². The van der Waals surface area contributed by atoms with Crippen molar-refractivity contribution in [1.82, 2.24) is 0 Å². The number of hydrogen-bond donors (Lipinski definition) is 2. The predicted octanol–water partition coefficient (Wildman–Crippen LogP) is 5.34. The number of thioether (sulfide) groups is 1. The number of nitrogens with one attached hydrogen (secondary N) is 2.